The molecule has 226 valence electrons. The van der Waals surface area contributed by atoms with Gasteiger partial charge in [-0.3, -0.25) is 0 Å². The van der Waals surface area contributed by atoms with Gasteiger partial charge in [-0.2, -0.15) is 0 Å². The van der Waals surface area contributed by atoms with Gasteiger partial charge in [-0.15, -0.1) is 0 Å². The van der Waals surface area contributed by atoms with Crippen LogP contribution < -0.4 is 0 Å². The molecule has 6 fully saturated rings. The molecule has 12 heteroatoms. The lowest BCUT2D eigenvalue weighted by Gasteiger charge is -2.28. The van der Waals surface area contributed by atoms with Gasteiger partial charge in [0.15, 0.2) is 0 Å². The third-order valence-corrected chi connectivity index (χ3v) is 6.65. The van der Waals surface area contributed by atoms with Crippen LogP contribution in [0.2, 0.25) is 0 Å². The fraction of sp³-hybridized carbons (Fsp3) is 1.00. The third kappa shape index (κ3) is 14.8. The quantitative estimate of drug-likeness (QED) is 0.148. The molecule has 6 saturated heterocycles. The van der Waals surface area contributed by atoms with Crippen molar-refractivity contribution >= 4 is 0 Å². The molecule has 6 aliphatic rings. The van der Waals surface area contributed by atoms with Gasteiger partial charge in [-0.25, -0.2) is 0 Å². The Hall–Kier alpha value is -0.480. The molecule has 12 nitrogen and oxygen atoms in total. The van der Waals surface area contributed by atoms with Crippen LogP contribution >= 0.6 is 0 Å². The van der Waals surface area contributed by atoms with Crippen molar-refractivity contribution in [2.75, 3.05) is 119 Å². The predicted molar refractivity (Wildman–Crippen MR) is 135 cm³/mol. The molecular weight excluding hydrogens is 516 g/mol. The number of hydrogen-bond acceptors (Lipinski definition) is 12. The molecule has 0 amide bonds. The van der Waals surface area contributed by atoms with E-state index in [1.807, 2.05) is 0 Å². The van der Waals surface area contributed by atoms with Gasteiger partial charge in [0, 0.05) is 11.3 Å². The highest BCUT2D eigenvalue weighted by molar-refractivity contribution is 4.78. The van der Waals surface area contributed by atoms with Crippen LogP contribution in [0.3, 0.4) is 0 Å². The molecule has 6 atom stereocenters. The van der Waals surface area contributed by atoms with E-state index in [1.165, 1.54) is 0 Å². The second kappa shape index (κ2) is 15.7. The summed E-state index contributed by atoms with van der Waals surface area (Å²) in [7, 11) is 0. The Labute approximate surface area is 231 Å². The molecule has 6 unspecified atom stereocenters. The lowest BCUT2D eigenvalue weighted by atomic mass is 9.94. The van der Waals surface area contributed by atoms with Gasteiger partial charge in [0.2, 0.25) is 0 Å². The van der Waals surface area contributed by atoms with Gasteiger partial charge >= 0.3 is 0 Å². The standard InChI is InChI=1S/C14H24O6.C13H22O6/c1-14(8-15-2-11-5-18-11,9-16-3-12-6-19-12)10-17-4-13-7-20-13;1(14-4-11-7-17-11)10(2-15-5-12-8-18-12)3-16-6-13-9-19-13/h11-13H,2-10H2,1H3;10-13H,1-9H2. The van der Waals surface area contributed by atoms with Gasteiger partial charge in [0.25, 0.3) is 0 Å². The van der Waals surface area contributed by atoms with Crippen molar-refractivity contribution in [1.29, 1.82) is 0 Å². The van der Waals surface area contributed by atoms with Crippen molar-refractivity contribution in [1.82, 2.24) is 0 Å². The van der Waals surface area contributed by atoms with Crippen LogP contribution in [-0.4, -0.2) is 156 Å². The molecule has 6 heterocycles. The van der Waals surface area contributed by atoms with Gasteiger partial charge in [0.05, 0.1) is 119 Å². The number of epoxide rings is 6. The average molecular weight is 563 g/mol. The molecule has 0 spiro atoms. The minimum absolute atomic E-state index is 0.140. The molecule has 0 bridgehead atoms. The van der Waals surface area contributed by atoms with E-state index in [9.17, 15) is 0 Å². The molecule has 0 saturated carbocycles. The first-order chi connectivity index (χ1) is 19.1. The summed E-state index contributed by atoms with van der Waals surface area (Å²) in [4.78, 5) is 0. The molecule has 6 rings (SSSR count). The maximum absolute atomic E-state index is 5.72. The van der Waals surface area contributed by atoms with Crippen LogP contribution in [0.4, 0.5) is 0 Å². The van der Waals surface area contributed by atoms with Crippen molar-refractivity contribution in [2.24, 2.45) is 11.3 Å². The van der Waals surface area contributed by atoms with Crippen molar-refractivity contribution in [3.63, 3.8) is 0 Å². The molecular formula is C27H46O12. The molecule has 0 N–H and O–H groups in total. The molecule has 0 aromatic rings. The molecule has 0 aromatic heterocycles. The molecule has 0 radical (unpaired) electrons. The van der Waals surface area contributed by atoms with E-state index in [4.69, 9.17) is 56.8 Å². The van der Waals surface area contributed by atoms with Gasteiger partial charge in [0.1, 0.15) is 36.6 Å². The van der Waals surface area contributed by atoms with E-state index < -0.39 is 0 Å². The predicted octanol–water partition coefficient (Wildman–Crippen LogP) is 0.0877. The molecule has 0 aromatic carbocycles. The van der Waals surface area contributed by atoms with Crippen LogP contribution in [0.15, 0.2) is 0 Å². The summed E-state index contributed by atoms with van der Waals surface area (Å²) in [5.74, 6) is 0.260. The smallest absolute Gasteiger partial charge is 0.104 e. The zero-order valence-electron chi connectivity index (χ0n) is 23.2. The second-order valence-electron chi connectivity index (χ2n) is 11.6. The number of hydrogen-bond donors (Lipinski definition) is 0. The largest absolute Gasteiger partial charge is 0.378 e. The summed E-state index contributed by atoms with van der Waals surface area (Å²) < 4.78 is 64.8. The SMILES string of the molecule is C(OCC1CO1)C(COCC1CO1)COCC1CO1.CC(COCC1CO1)(COCC1CO1)COCC1CO1. The molecule has 0 aliphatic carbocycles. The Morgan fingerprint density at radius 1 is 0.462 bits per heavy atom. The monoisotopic (exact) mass is 562 g/mol. The summed E-state index contributed by atoms with van der Waals surface area (Å²) in [6, 6.07) is 0. The van der Waals surface area contributed by atoms with E-state index in [0.717, 1.165) is 39.6 Å². The Kier molecular flexibility index (Phi) is 12.0. The summed E-state index contributed by atoms with van der Waals surface area (Å²) >= 11 is 0. The lowest BCUT2D eigenvalue weighted by molar-refractivity contribution is -0.0650. The van der Waals surface area contributed by atoms with E-state index in [-0.39, 0.29) is 11.3 Å². The summed E-state index contributed by atoms with van der Waals surface area (Å²) in [5.41, 5.74) is -0.140. The zero-order valence-corrected chi connectivity index (χ0v) is 23.2. The van der Waals surface area contributed by atoms with E-state index >= 15 is 0 Å². The topological polar surface area (TPSA) is 131 Å². The Balaban J connectivity index is 0.000000158. The Bertz CT molecular complexity index is 585. The van der Waals surface area contributed by atoms with Crippen molar-refractivity contribution in [2.45, 2.75) is 43.5 Å². The number of rotatable bonds is 24. The van der Waals surface area contributed by atoms with Gasteiger partial charge in [-0.1, -0.05) is 6.92 Å². The third-order valence-electron chi connectivity index (χ3n) is 6.65. The van der Waals surface area contributed by atoms with Crippen molar-refractivity contribution in [3.8, 4) is 0 Å². The van der Waals surface area contributed by atoms with Crippen molar-refractivity contribution < 1.29 is 56.8 Å². The first-order valence-corrected chi connectivity index (χ1v) is 14.3. The summed E-state index contributed by atoms with van der Waals surface area (Å²) in [5, 5.41) is 0. The van der Waals surface area contributed by atoms with Crippen LogP contribution in [0, 0.1) is 11.3 Å². The fourth-order valence-electron chi connectivity index (χ4n) is 3.66. The highest BCUT2D eigenvalue weighted by Crippen LogP contribution is 2.22. The second-order valence-corrected chi connectivity index (χ2v) is 11.6. The minimum Gasteiger partial charge on any atom is -0.378 e. The van der Waals surface area contributed by atoms with Crippen LogP contribution in [0.5, 0.6) is 0 Å². The minimum atomic E-state index is -0.140. The highest BCUT2D eigenvalue weighted by atomic mass is 16.6. The Morgan fingerprint density at radius 2 is 0.692 bits per heavy atom. The maximum Gasteiger partial charge on any atom is 0.104 e. The van der Waals surface area contributed by atoms with Crippen LogP contribution in [0.1, 0.15) is 6.92 Å². The van der Waals surface area contributed by atoms with E-state index in [0.29, 0.717) is 116 Å². The van der Waals surface area contributed by atoms with E-state index in [2.05, 4.69) is 6.92 Å². The molecule has 39 heavy (non-hydrogen) atoms. The Morgan fingerprint density at radius 3 is 0.923 bits per heavy atom. The average Bonchev–Trinajstić information content (AvgIpc) is 3.69. The summed E-state index contributed by atoms with van der Waals surface area (Å²) in [6.07, 6.45) is 1.80. The zero-order chi connectivity index (χ0) is 26.8. The number of ether oxygens (including phenoxy) is 12. The van der Waals surface area contributed by atoms with Gasteiger partial charge in [-0.05, 0) is 0 Å². The molecule has 6 aliphatic heterocycles. The van der Waals surface area contributed by atoms with Crippen LogP contribution in [-0.2, 0) is 56.8 Å². The summed E-state index contributed by atoms with van der Waals surface area (Å²) in [6.45, 7) is 14.9. The van der Waals surface area contributed by atoms with E-state index in [1.54, 1.807) is 0 Å². The maximum atomic E-state index is 5.72. The van der Waals surface area contributed by atoms with Crippen molar-refractivity contribution in [3.05, 3.63) is 0 Å². The first kappa shape index (κ1) is 30.0. The first-order valence-electron chi connectivity index (χ1n) is 14.3. The van der Waals surface area contributed by atoms with Gasteiger partial charge < -0.3 is 56.8 Å². The fourth-order valence-corrected chi connectivity index (χ4v) is 3.66. The van der Waals surface area contributed by atoms with Crippen LogP contribution in [0.25, 0.3) is 0 Å². The normalized spacial score (nSPS) is 33.5. The lowest BCUT2D eigenvalue weighted by Crippen LogP contribution is -2.35. The highest BCUT2D eigenvalue weighted by Gasteiger charge is 2.32.